The van der Waals surface area contributed by atoms with Gasteiger partial charge in [-0.05, 0) is 59.1 Å². The van der Waals surface area contributed by atoms with Crippen LogP contribution in [0.2, 0.25) is 0 Å². The third kappa shape index (κ3) is 3.40. The minimum atomic E-state index is -0.102. The fourth-order valence-corrected chi connectivity index (χ4v) is 6.85. The number of amides is 1. The minimum absolute atomic E-state index is 0.0349. The Morgan fingerprint density at radius 2 is 2.13 bits per heavy atom. The van der Waals surface area contributed by atoms with Crippen molar-refractivity contribution in [2.24, 2.45) is 22.7 Å². The summed E-state index contributed by atoms with van der Waals surface area (Å²) in [5.41, 5.74) is 2.60. The van der Waals surface area contributed by atoms with Crippen LogP contribution in [0.4, 0.5) is 0 Å². The number of ether oxygens (including phenoxy) is 1. The van der Waals surface area contributed by atoms with Gasteiger partial charge in [-0.1, -0.05) is 38.1 Å². The Bertz CT molecular complexity index is 924. The van der Waals surface area contributed by atoms with Gasteiger partial charge in [0.2, 0.25) is 5.91 Å². The summed E-state index contributed by atoms with van der Waals surface area (Å²) >= 11 is 0. The first-order valence-corrected chi connectivity index (χ1v) is 11.5. The van der Waals surface area contributed by atoms with Gasteiger partial charge in [-0.2, -0.15) is 5.10 Å². The molecule has 5 rings (SSSR count). The average Bonchev–Trinajstić information content (AvgIpc) is 3.44. The Morgan fingerprint density at radius 3 is 2.84 bits per heavy atom. The lowest BCUT2D eigenvalue weighted by molar-refractivity contribution is -0.137. The third-order valence-electron chi connectivity index (χ3n) is 8.36. The van der Waals surface area contributed by atoms with Crippen LogP contribution in [0.5, 0.6) is 0 Å². The van der Waals surface area contributed by atoms with Crippen molar-refractivity contribution in [1.29, 1.82) is 0 Å². The molecule has 1 saturated heterocycles. The summed E-state index contributed by atoms with van der Waals surface area (Å²) in [6, 6.07) is 10.8. The number of carbonyl (C=O) groups excluding carboxylic acids is 1. The summed E-state index contributed by atoms with van der Waals surface area (Å²) in [5.74, 6) is 0.961. The number of aliphatic hydroxyl groups is 1. The van der Waals surface area contributed by atoms with Crippen molar-refractivity contribution in [3.63, 3.8) is 0 Å². The van der Waals surface area contributed by atoms with Gasteiger partial charge in [0.1, 0.15) is 0 Å². The number of nitrogens with zero attached hydrogens (tertiary/aromatic N) is 2. The highest BCUT2D eigenvalue weighted by molar-refractivity contribution is 5.76. The van der Waals surface area contributed by atoms with Crippen LogP contribution < -0.4 is 5.32 Å². The molecule has 166 valence electrons. The molecule has 5 atom stereocenters. The maximum atomic E-state index is 12.4. The molecular weight excluding hydrogens is 390 g/mol. The van der Waals surface area contributed by atoms with Crippen LogP contribution in [0.15, 0.2) is 42.7 Å². The highest BCUT2D eigenvalue weighted by atomic mass is 16.5. The lowest BCUT2D eigenvalue weighted by atomic mass is 9.59. The molecule has 2 N–H and O–H groups in total. The number of hydrogen-bond donors (Lipinski definition) is 2. The molecule has 2 heterocycles. The molecule has 2 saturated carbocycles. The lowest BCUT2D eigenvalue weighted by Crippen LogP contribution is -2.59. The molecule has 3 fully saturated rings. The van der Waals surface area contributed by atoms with Gasteiger partial charge < -0.3 is 15.2 Å². The molecule has 0 unspecified atom stereocenters. The highest BCUT2D eigenvalue weighted by Crippen LogP contribution is 2.70. The number of benzene rings is 1. The Balaban J connectivity index is 1.38. The molecule has 1 aliphatic heterocycles. The van der Waals surface area contributed by atoms with Crippen molar-refractivity contribution >= 4 is 5.91 Å². The number of fused-ring (bicyclic) bond motifs is 1. The van der Waals surface area contributed by atoms with Crippen molar-refractivity contribution in [1.82, 2.24) is 15.1 Å². The molecule has 31 heavy (non-hydrogen) atoms. The number of hydrogen-bond acceptors (Lipinski definition) is 4. The van der Waals surface area contributed by atoms with E-state index in [1.807, 2.05) is 16.9 Å². The summed E-state index contributed by atoms with van der Waals surface area (Å²) in [5, 5.41) is 16.8. The Morgan fingerprint density at radius 1 is 1.32 bits per heavy atom. The molecular formula is C25H33N3O3. The van der Waals surface area contributed by atoms with E-state index in [9.17, 15) is 9.90 Å². The minimum Gasteiger partial charge on any atom is -0.396 e. The molecule has 3 aliphatic rings. The molecule has 2 bridgehead atoms. The van der Waals surface area contributed by atoms with Crippen molar-refractivity contribution in [3.8, 4) is 0 Å². The third-order valence-corrected chi connectivity index (χ3v) is 8.36. The zero-order valence-electron chi connectivity index (χ0n) is 18.5. The molecule has 1 aromatic heterocycles. The molecule has 2 aromatic rings. The summed E-state index contributed by atoms with van der Waals surface area (Å²) < 4.78 is 8.30. The quantitative estimate of drug-likeness (QED) is 0.747. The summed E-state index contributed by atoms with van der Waals surface area (Å²) in [4.78, 5) is 12.4. The second kappa shape index (κ2) is 7.75. The lowest BCUT2D eigenvalue weighted by Gasteiger charge is -2.53. The predicted molar refractivity (Wildman–Crippen MR) is 117 cm³/mol. The fraction of sp³-hybridized carbons (Fsp3) is 0.600. The van der Waals surface area contributed by atoms with Crippen LogP contribution in [0.3, 0.4) is 0 Å². The van der Waals surface area contributed by atoms with E-state index in [0.717, 1.165) is 32.4 Å². The predicted octanol–water partition coefficient (Wildman–Crippen LogP) is 3.31. The standard InChI is InChI=1S/C25H33N3O3/c1-24(2)19-14-20-22(18-6-4-17(5-7-18)16-28-11-3-10-26-28)31-13-9-25(20,15-19)23(24)27-21(30)8-12-29/h3-7,10-11,19-20,22-23,29H,8-9,12-16H2,1-2H3,(H,27,30)/t19-,20-,22-,23+,25-/m1/s1. The number of nitrogens with one attached hydrogen (secondary N) is 1. The van der Waals surface area contributed by atoms with E-state index >= 15 is 0 Å². The summed E-state index contributed by atoms with van der Waals surface area (Å²) in [7, 11) is 0. The molecule has 1 aromatic carbocycles. The van der Waals surface area contributed by atoms with Gasteiger partial charge in [0.05, 0.1) is 19.3 Å². The highest BCUT2D eigenvalue weighted by Gasteiger charge is 2.68. The zero-order chi connectivity index (χ0) is 21.6. The van der Waals surface area contributed by atoms with Gasteiger partial charge in [-0.3, -0.25) is 9.48 Å². The van der Waals surface area contributed by atoms with Gasteiger partial charge in [0.15, 0.2) is 0 Å². The van der Waals surface area contributed by atoms with Gasteiger partial charge in [-0.25, -0.2) is 0 Å². The SMILES string of the molecule is CC1(C)[C@@H]2C[C@@H]3[C@@H](c4ccc(Cn5cccn5)cc4)OCC[C@]3(C2)[C@H]1NC(=O)CCO. The number of aromatic nitrogens is 2. The van der Waals surface area contributed by atoms with Crippen molar-refractivity contribution < 1.29 is 14.6 Å². The van der Waals surface area contributed by atoms with Crippen LogP contribution in [0.25, 0.3) is 0 Å². The molecule has 6 nitrogen and oxygen atoms in total. The fourth-order valence-electron chi connectivity index (χ4n) is 6.85. The first-order chi connectivity index (χ1) is 14.9. The monoisotopic (exact) mass is 423 g/mol. The van der Waals surface area contributed by atoms with E-state index in [0.29, 0.717) is 11.8 Å². The zero-order valence-corrected chi connectivity index (χ0v) is 18.5. The van der Waals surface area contributed by atoms with E-state index in [1.165, 1.54) is 11.1 Å². The van der Waals surface area contributed by atoms with Crippen molar-refractivity contribution in [2.45, 2.75) is 58.2 Å². The van der Waals surface area contributed by atoms with Gasteiger partial charge in [0, 0.05) is 31.5 Å². The van der Waals surface area contributed by atoms with Gasteiger partial charge >= 0.3 is 0 Å². The van der Waals surface area contributed by atoms with Crippen LogP contribution in [-0.4, -0.2) is 40.0 Å². The van der Waals surface area contributed by atoms with Crippen LogP contribution in [0.1, 0.15) is 56.8 Å². The Hall–Kier alpha value is -2.18. The van der Waals surface area contributed by atoms with E-state index in [4.69, 9.17) is 4.74 Å². The number of carbonyl (C=O) groups is 1. The van der Waals surface area contributed by atoms with E-state index < -0.39 is 0 Å². The topological polar surface area (TPSA) is 76.4 Å². The first kappa shape index (κ1) is 20.7. The van der Waals surface area contributed by atoms with Gasteiger partial charge in [-0.15, -0.1) is 0 Å². The molecule has 0 radical (unpaired) electrons. The molecule has 2 aliphatic carbocycles. The van der Waals surface area contributed by atoms with E-state index in [1.54, 1.807) is 6.20 Å². The maximum Gasteiger partial charge on any atom is 0.222 e. The number of aliphatic hydroxyl groups excluding tert-OH is 1. The summed E-state index contributed by atoms with van der Waals surface area (Å²) in [6.07, 6.45) is 7.34. The number of rotatable bonds is 6. The Labute approximate surface area is 184 Å². The van der Waals surface area contributed by atoms with Gasteiger partial charge in [0.25, 0.3) is 0 Å². The van der Waals surface area contributed by atoms with Crippen LogP contribution >= 0.6 is 0 Å². The Kier molecular flexibility index (Phi) is 5.18. The maximum absolute atomic E-state index is 12.4. The largest absolute Gasteiger partial charge is 0.396 e. The smallest absolute Gasteiger partial charge is 0.222 e. The first-order valence-electron chi connectivity index (χ1n) is 11.5. The molecule has 1 spiro atoms. The van der Waals surface area contributed by atoms with Crippen LogP contribution in [0, 0.1) is 22.7 Å². The summed E-state index contributed by atoms with van der Waals surface area (Å²) in [6.45, 7) is 6.00. The molecule has 6 heteroatoms. The van der Waals surface area contributed by atoms with Crippen molar-refractivity contribution in [2.75, 3.05) is 13.2 Å². The second-order valence-corrected chi connectivity index (χ2v) is 10.3. The van der Waals surface area contributed by atoms with Crippen molar-refractivity contribution in [3.05, 3.63) is 53.9 Å². The average molecular weight is 424 g/mol. The normalized spacial score (nSPS) is 33.3. The molecule has 1 amide bonds. The van der Waals surface area contributed by atoms with E-state index in [2.05, 4.69) is 48.5 Å². The van der Waals surface area contributed by atoms with E-state index in [-0.39, 0.29) is 41.9 Å². The van der Waals surface area contributed by atoms with Crippen LogP contribution in [-0.2, 0) is 16.1 Å². The second-order valence-electron chi connectivity index (χ2n) is 10.3.